The second kappa shape index (κ2) is 10.3. The predicted octanol–water partition coefficient (Wildman–Crippen LogP) is 3.31. The van der Waals surface area contributed by atoms with Gasteiger partial charge in [-0.15, -0.1) is 0 Å². The van der Waals surface area contributed by atoms with Crippen LogP contribution < -0.4 is 5.48 Å². The third kappa shape index (κ3) is 6.40. The number of amides is 1. The van der Waals surface area contributed by atoms with Gasteiger partial charge in [0.25, 0.3) is 0 Å². The third-order valence-corrected chi connectivity index (χ3v) is 5.13. The van der Waals surface area contributed by atoms with E-state index in [4.69, 9.17) is 9.57 Å². The lowest BCUT2D eigenvalue weighted by molar-refractivity contribution is -0.203. The fourth-order valence-electron chi connectivity index (χ4n) is 3.72. The van der Waals surface area contributed by atoms with Crippen LogP contribution in [0.4, 0.5) is 0 Å². The first-order chi connectivity index (χ1) is 11.2. The van der Waals surface area contributed by atoms with Crippen molar-refractivity contribution in [1.82, 2.24) is 5.48 Å². The number of ether oxygens (including phenoxy) is 1. The largest absolute Gasteiger partial charge is 0.392 e. The number of carbonyl (C=O) groups is 1. The van der Waals surface area contributed by atoms with Gasteiger partial charge in [-0.3, -0.25) is 4.79 Å². The molecule has 1 saturated heterocycles. The van der Waals surface area contributed by atoms with E-state index >= 15 is 0 Å². The molecule has 2 N–H and O–H groups in total. The quantitative estimate of drug-likeness (QED) is 0.671. The minimum Gasteiger partial charge on any atom is -0.392 e. The molecule has 0 aromatic carbocycles. The SMILES string of the molecule is CCC[C@@H](O)[C@@H](CC1CCCCC1)C(=O)NOC1CCCCO1. The van der Waals surface area contributed by atoms with Crippen LogP contribution in [0.3, 0.4) is 0 Å². The lowest BCUT2D eigenvalue weighted by Crippen LogP contribution is -2.41. The summed E-state index contributed by atoms with van der Waals surface area (Å²) in [5, 5.41) is 10.4. The fourth-order valence-corrected chi connectivity index (χ4v) is 3.72. The Morgan fingerprint density at radius 2 is 1.96 bits per heavy atom. The van der Waals surface area contributed by atoms with Gasteiger partial charge in [0.1, 0.15) is 0 Å². The number of hydroxylamine groups is 1. The minimum atomic E-state index is -0.585. The Morgan fingerprint density at radius 3 is 2.61 bits per heavy atom. The van der Waals surface area contributed by atoms with Gasteiger partial charge in [-0.25, -0.2) is 10.3 Å². The summed E-state index contributed by atoms with van der Waals surface area (Å²) >= 11 is 0. The Labute approximate surface area is 140 Å². The van der Waals surface area contributed by atoms with Gasteiger partial charge in [-0.1, -0.05) is 45.4 Å². The maximum Gasteiger partial charge on any atom is 0.249 e. The van der Waals surface area contributed by atoms with Gasteiger partial charge >= 0.3 is 0 Å². The first-order valence-electron chi connectivity index (χ1n) is 9.46. The van der Waals surface area contributed by atoms with Crippen LogP contribution in [0, 0.1) is 11.8 Å². The third-order valence-electron chi connectivity index (χ3n) is 5.13. The van der Waals surface area contributed by atoms with E-state index in [0.717, 1.165) is 32.1 Å². The molecule has 2 rings (SSSR count). The first kappa shape index (κ1) is 18.7. The zero-order chi connectivity index (χ0) is 16.5. The lowest BCUT2D eigenvalue weighted by atomic mass is 9.80. The molecule has 2 fully saturated rings. The summed E-state index contributed by atoms with van der Waals surface area (Å²) in [6.45, 7) is 2.72. The molecule has 134 valence electrons. The second-order valence-electron chi connectivity index (χ2n) is 7.08. The number of aliphatic hydroxyl groups is 1. The zero-order valence-electron chi connectivity index (χ0n) is 14.5. The predicted molar refractivity (Wildman–Crippen MR) is 88.4 cm³/mol. The van der Waals surface area contributed by atoms with Crippen LogP contribution in [-0.2, 0) is 14.4 Å². The number of nitrogens with one attached hydrogen (secondary N) is 1. The van der Waals surface area contributed by atoms with E-state index in [1.165, 1.54) is 32.1 Å². The van der Waals surface area contributed by atoms with E-state index < -0.39 is 6.10 Å². The van der Waals surface area contributed by atoms with Crippen molar-refractivity contribution in [2.45, 2.75) is 89.9 Å². The molecule has 1 aliphatic heterocycles. The summed E-state index contributed by atoms with van der Waals surface area (Å²) < 4.78 is 5.47. The molecule has 1 aliphatic carbocycles. The standard InChI is InChI=1S/C18H33NO4/c1-2-8-16(20)15(13-14-9-4-3-5-10-14)18(21)19-23-17-11-6-7-12-22-17/h14-17,20H,2-13H2,1H3,(H,19,21)/t15-,16-,17?/m1/s1. The highest BCUT2D eigenvalue weighted by Crippen LogP contribution is 2.31. The molecule has 5 heteroatoms. The van der Waals surface area contributed by atoms with Crippen LogP contribution >= 0.6 is 0 Å². The van der Waals surface area contributed by atoms with Crippen molar-refractivity contribution in [1.29, 1.82) is 0 Å². The number of hydrogen-bond acceptors (Lipinski definition) is 4. The van der Waals surface area contributed by atoms with E-state index in [1.807, 2.05) is 6.92 Å². The normalized spacial score (nSPS) is 25.7. The monoisotopic (exact) mass is 327 g/mol. The van der Waals surface area contributed by atoms with E-state index in [9.17, 15) is 9.90 Å². The average Bonchev–Trinajstić information content (AvgIpc) is 2.59. The number of carbonyl (C=O) groups excluding carboxylic acids is 1. The Balaban J connectivity index is 1.84. The Bertz CT molecular complexity index is 338. The summed E-state index contributed by atoms with van der Waals surface area (Å²) in [6.07, 6.45) is 10.4. The smallest absolute Gasteiger partial charge is 0.249 e. The summed E-state index contributed by atoms with van der Waals surface area (Å²) in [5.41, 5.74) is 2.56. The lowest BCUT2D eigenvalue weighted by Gasteiger charge is -2.29. The molecule has 23 heavy (non-hydrogen) atoms. The van der Waals surface area contributed by atoms with Crippen LogP contribution in [0.15, 0.2) is 0 Å². The van der Waals surface area contributed by atoms with Gasteiger partial charge in [0.2, 0.25) is 5.91 Å². The van der Waals surface area contributed by atoms with E-state index in [-0.39, 0.29) is 18.1 Å². The molecule has 1 unspecified atom stereocenters. The molecule has 0 aromatic heterocycles. The van der Waals surface area contributed by atoms with Gasteiger partial charge < -0.3 is 9.84 Å². The molecule has 0 bridgehead atoms. The van der Waals surface area contributed by atoms with Gasteiger partial charge in [-0.05, 0) is 31.6 Å². The molecular formula is C18H33NO4. The van der Waals surface area contributed by atoms with E-state index in [0.29, 0.717) is 18.9 Å². The van der Waals surface area contributed by atoms with Crippen molar-refractivity contribution in [2.24, 2.45) is 11.8 Å². The summed E-state index contributed by atoms with van der Waals surface area (Å²) in [5.74, 6) is -0.00993. The van der Waals surface area contributed by atoms with Crippen LogP contribution in [-0.4, -0.2) is 30.0 Å². The number of hydrogen-bond donors (Lipinski definition) is 2. The van der Waals surface area contributed by atoms with E-state index in [1.54, 1.807) is 0 Å². The highest BCUT2D eigenvalue weighted by atomic mass is 16.8. The number of rotatable bonds is 8. The summed E-state index contributed by atoms with van der Waals surface area (Å²) in [4.78, 5) is 17.9. The van der Waals surface area contributed by atoms with Crippen LogP contribution in [0.5, 0.6) is 0 Å². The second-order valence-corrected chi connectivity index (χ2v) is 7.08. The van der Waals surface area contributed by atoms with Crippen molar-refractivity contribution in [3.05, 3.63) is 0 Å². The van der Waals surface area contributed by atoms with Gasteiger partial charge in [0.15, 0.2) is 6.29 Å². The Hall–Kier alpha value is -0.650. The topological polar surface area (TPSA) is 67.8 Å². The van der Waals surface area contributed by atoms with Crippen LogP contribution in [0.25, 0.3) is 0 Å². The maximum absolute atomic E-state index is 12.5. The summed E-state index contributed by atoms with van der Waals surface area (Å²) in [7, 11) is 0. The molecule has 2 aliphatic rings. The molecule has 0 aromatic rings. The Kier molecular flexibility index (Phi) is 8.34. The molecule has 1 heterocycles. The van der Waals surface area contributed by atoms with Gasteiger partial charge in [0.05, 0.1) is 12.0 Å². The van der Waals surface area contributed by atoms with Crippen molar-refractivity contribution >= 4 is 5.91 Å². The van der Waals surface area contributed by atoms with Crippen LogP contribution in [0.2, 0.25) is 0 Å². The molecule has 3 atom stereocenters. The number of aliphatic hydroxyl groups excluding tert-OH is 1. The fraction of sp³-hybridized carbons (Fsp3) is 0.944. The highest BCUT2D eigenvalue weighted by Gasteiger charge is 2.30. The molecule has 1 amide bonds. The van der Waals surface area contributed by atoms with Gasteiger partial charge in [-0.2, -0.15) is 0 Å². The summed E-state index contributed by atoms with van der Waals surface area (Å²) in [6, 6.07) is 0. The zero-order valence-corrected chi connectivity index (χ0v) is 14.5. The molecule has 0 spiro atoms. The Morgan fingerprint density at radius 1 is 1.22 bits per heavy atom. The van der Waals surface area contributed by atoms with Crippen LogP contribution in [0.1, 0.15) is 77.6 Å². The van der Waals surface area contributed by atoms with Crippen molar-refractivity contribution in [3.63, 3.8) is 0 Å². The van der Waals surface area contributed by atoms with Crippen molar-refractivity contribution in [3.8, 4) is 0 Å². The molecule has 0 radical (unpaired) electrons. The van der Waals surface area contributed by atoms with Crippen molar-refractivity contribution in [2.75, 3.05) is 6.61 Å². The highest BCUT2D eigenvalue weighted by molar-refractivity contribution is 5.78. The first-order valence-corrected chi connectivity index (χ1v) is 9.46. The minimum absolute atomic E-state index is 0.189. The molecule has 1 saturated carbocycles. The van der Waals surface area contributed by atoms with Crippen molar-refractivity contribution < 1.29 is 19.5 Å². The maximum atomic E-state index is 12.5. The van der Waals surface area contributed by atoms with E-state index in [2.05, 4.69) is 5.48 Å². The average molecular weight is 327 g/mol. The molecule has 5 nitrogen and oxygen atoms in total. The van der Waals surface area contributed by atoms with Gasteiger partial charge in [0, 0.05) is 13.0 Å². The molecular weight excluding hydrogens is 294 g/mol.